The van der Waals surface area contributed by atoms with Gasteiger partial charge in [-0.1, -0.05) is 54.6 Å². The molecule has 5 nitrogen and oxygen atoms in total. The number of aromatic hydroxyl groups is 1. The summed E-state index contributed by atoms with van der Waals surface area (Å²) in [5.74, 6) is -0.234. The third-order valence-electron chi connectivity index (χ3n) is 3.34. The average Bonchev–Trinajstić information content (AvgIpc) is 2.50. The Morgan fingerprint density at radius 3 is 2.23 bits per heavy atom. The van der Waals surface area contributed by atoms with E-state index in [2.05, 4.69) is 0 Å². The van der Waals surface area contributed by atoms with Crippen LogP contribution in [0.15, 0.2) is 60.7 Å². The van der Waals surface area contributed by atoms with Gasteiger partial charge in [-0.3, -0.25) is 9.27 Å². The van der Waals surface area contributed by atoms with Crippen molar-refractivity contribution >= 4 is 26.8 Å². The van der Waals surface area contributed by atoms with Gasteiger partial charge in [-0.15, -0.1) is 0 Å². The monoisotopic (exact) mass is 315 g/mol. The third-order valence-corrected chi connectivity index (χ3v) is 3.80. The summed E-state index contributed by atoms with van der Waals surface area (Å²) in [6.07, 6.45) is 0. The van der Waals surface area contributed by atoms with Gasteiger partial charge in [0.15, 0.2) is 0 Å². The number of benzene rings is 3. The summed E-state index contributed by atoms with van der Waals surface area (Å²) in [5, 5.41) is 11.7. The van der Waals surface area contributed by atoms with Gasteiger partial charge in [0.25, 0.3) is 0 Å². The van der Waals surface area contributed by atoms with E-state index in [0.29, 0.717) is 10.9 Å². The molecule has 0 atom stereocenters. The van der Waals surface area contributed by atoms with E-state index in [-0.39, 0.29) is 11.4 Å². The van der Waals surface area contributed by atoms with E-state index in [0.717, 1.165) is 10.9 Å². The molecule has 0 spiro atoms. The van der Waals surface area contributed by atoms with Crippen molar-refractivity contribution in [2.75, 3.05) is 4.72 Å². The Kier molecular flexibility index (Phi) is 3.48. The second kappa shape index (κ2) is 5.32. The molecule has 0 aromatic heterocycles. The Bertz CT molecular complexity index is 937. The lowest BCUT2D eigenvalue weighted by Gasteiger charge is -2.14. The topological polar surface area (TPSA) is 86.6 Å². The van der Waals surface area contributed by atoms with Crippen molar-refractivity contribution in [3.05, 3.63) is 60.7 Å². The van der Waals surface area contributed by atoms with Crippen LogP contribution in [0.25, 0.3) is 21.9 Å². The van der Waals surface area contributed by atoms with Gasteiger partial charge >= 0.3 is 10.3 Å². The minimum atomic E-state index is -4.50. The van der Waals surface area contributed by atoms with Crippen LogP contribution in [0, 0.1) is 0 Å². The Balaban J connectivity index is 2.34. The van der Waals surface area contributed by atoms with Crippen LogP contribution < -0.4 is 4.72 Å². The molecule has 0 aliphatic carbocycles. The lowest BCUT2D eigenvalue weighted by Crippen LogP contribution is -2.11. The molecule has 0 amide bonds. The first kappa shape index (κ1) is 14.4. The van der Waals surface area contributed by atoms with E-state index in [1.165, 1.54) is 0 Å². The van der Waals surface area contributed by atoms with Crippen molar-refractivity contribution in [1.82, 2.24) is 0 Å². The first-order chi connectivity index (χ1) is 10.5. The largest absolute Gasteiger partial charge is 0.505 e. The summed E-state index contributed by atoms with van der Waals surface area (Å²) in [6.45, 7) is 0. The first-order valence-electron chi connectivity index (χ1n) is 6.51. The number of rotatable bonds is 3. The number of anilines is 1. The highest BCUT2D eigenvalue weighted by Crippen LogP contribution is 2.41. The highest BCUT2D eigenvalue weighted by Gasteiger charge is 2.17. The summed E-state index contributed by atoms with van der Waals surface area (Å²) in [6, 6.07) is 17.9. The molecule has 22 heavy (non-hydrogen) atoms. The molecule has 0 heterocycles. The minimum Gasteiger partial charge on any atom is -0.505 e. The zero-order chi connectivity index (χ0) is 15.7. The SMILES string of the molecule is O=S(=O)(O)Nc1c(O)c(-c2ccccc2)cc2ccccc12. The molecule has 112 valence electrons. The second-order valence-electron chi connectivity index (χ2n) is 4.81. The number of hydrogen-bond acceptors (Lipinski definition) is 3. The predicted octanol–water partition coefficient (Wildman–Crippen LogP) is 3.43. The smallest absolute Gasteiger partial charge is 0.357 e. The van der Waals surface area contributed by atoms with Crippen LogP contribution in [0.4, 0.5) is 5.69 Å². The van der Waals surface area contributed by atoms with E-state index in [4.69, 9.17) is 4.55 Å². The number of fused-ring (bicyclic) bond motifs is 1. The predicted molar refractivity (Wildman–Crippen MR) is 86.2 cm³/mol. The summed E-state index contributed by atoms with van der Waals surface area (Å²) < 4.78 is 33.4. The van der Waals surface area contributed by atoms with Crippen molar-refractivity contribution in [2.24, 2.45) is 0 Å². The fourth-order valence-corrected chi connectivity index (χ4v) is 2.87. The van der Waals surface area contributed by atoms with Crippen LogP contribution in [0.5, 0.6) is 5.75 Å². The fraction of sp³-hybridized carbons (Fsp3) is 0. The number of phenolic OH excluding ortho intramolecular Hbond substituents is 1. The molecule has 0 radical (unpaired) electrons. The van der Waals surface area contributed by atoms with Gasteiger partial charge in [-0.05, 0) is 17.0 Å². The van der Waals surface area contributed by atoms with Crippen LogP contribution in [-0.4, -0.2) is 18.1 Å². The van der Waals surface area contributed by atoms with Gasteiger partial charge in [-0.2, -0.15) is 8.42 Å². The Labute approximate surface area is 127 Å². The third kappa shape index (κ3) is 2.74. The molecular weight excluding hydrogens is 302 g/mol. The van der Waals surface area contributed by atoms with Gasteiger partial charge < -0.3 is 5.11 Å². The van der Waals surface area contributed by atoms with Gasteiger partial charge in [-0.25, -0.2) is 0 Å². The molecule has 3 aromatic rings. The lowest BCUT2D eigenvalue weighted by molar-refractivity contribution is 0.475. The van der Waals surface area contributed by atoms with Crippen molar-refractivity contribution in [2.45, 2.75) is 0 Å². The van der Waals surface area contributed by atoms with E-state index in [1.807, 2.05) is 29.0 Å². The highest BCUT2D eigenvalue weighted by atomic mass is 32.2. The molecule has 3 N–H and O–H groups in total. The summed E-state index contributed by atoms with van der Waals surface area (Å²) in [7, 11) is -4.50. The molecular formula is C16H13NO4S. The average molecular weight is 315 g/mol. The van der Waals surface area contributed by atoms with Crippen molar-refractivity contribution < 1.29 is 18.1 Å². The number of nitrogens with one attached hydrogen (secondary N) is 1. The van der Waals surface area contributed by atoms with Crippen molar-refractivity contribution in [3.8, 4) is 16.9 Å². The minimum absolute atomic E-state index is 0.0422. The molecule has 0 fully saturated rings. The maximum absolute atomic E-state index is 11.2. The zero-order valence-corrected chi connectivity index (χ0v) is 12.2. The van der Waals surface area contributed by atoms with Crippen LogP contribution in [-0.2, 0) is 10.3 Å². The molecule has 3 aromatic carbocycles. The number of hydrogen-bond donors (Lipinski definition) is 3. The van der Waals surface area contributed by atoms with Gasteiger partial charge in [0, 0.05) is 10.9 Å². The summed E-state index contributed by atoms with van der Waals surface area (Å²) >= 11 is 0. The molecule has 0 aliphatic heterocycles. The molecule has 0 saturated heterocycles. The summed E-state index contributed by atoms with van der Waals surface area (Å²) in [5.41, 5.74) is 1.18. The Morgan fingerprint density at radius 1 is 0.909 bits per heavy atom. The Morgan fingerprint density at radius 2 is 1.55 bits per heavy atom. The normalized spacial score (nSPS) is 11.5. The standard InChI is InChI=1S/C16H13NO4S/c18-16-14(11-6-2-1-3-7-11)10-12-8-4-5-9-13(12)15(16)17-22(19,20)21/h1-10,17-18H,(H,19,20,21). The maximum atomic E-state index is 11.2. The quantitative estimate of drug-likeness (QED) is 0.510. The number of phenols is 1. The molecule has 0 aliphatic rings. The van der Waals surface area contributed by atoms with Crippen molar-refractivity contribution in [1.29, 1.82) is 0 Å². The van der Waals surface area contributed by atoms with E-state index < -0.39 is 10.3 Å². The molecule has 0 bridgehead atoms. The summed E-state index contributed by atoms with van der Waals surface area (Å²) in [4.78, 5) is 0. The highest BCUT2D eigenvalue weighted by molar-refractivity contribution is 7.87. The molecule has 3 rings (SSSR count). The molecule has 6 heteroatoms. The van der Waals surface area contributed by atoms with Crippen LogP contribution in [0.1, 0.15) is 0 Å². The van der Waals surface area contributed by atoms with E-state index in [1.54, 1.807) is 36.4 Å². The van der Waals surface area contributed by atoms with Gasteiger partial charge in [0.05, 0.1) is 0 Å². The van der Waals surface area contributed by atoms with Crippen molar-refractivity contribution in [3.63, 3.8) is 0 Å². The first-order valence-corrected chi connectivity index (χ1v) is 7.95. The van der Waals surface area contributed by atoms with E-state index >= 15 is 0 Å². The zero-order valence-electron chi connectivity index (χ0n) is 11.4. The fourth-order valence-electron chi connectivity index (χ4n) is 2.41. The van der Waals surface area contributed by atoms with Gasteiger partial charge in [0.1, 0.15) is 11.4 Å². The van der Waals surface area contributed by atoms with Crippen LogP contribution >= 0.6 is 0 Å². The van der Waals surface area contributed by atoms with E-state index in [9.17, 15) is 13.5 Å². The van der Waals surface area contributed by atoms with Gasteiger partial charge in [0.2, 0.25) is 0 Å². The van der Waals surface area contributed by atoms with Crippen LogP contribution in [0.3, 0.4) is 0 Å². The lowest BCUT2D eigenvalue weighted by atomic mass is 9.98. The molecule has 0 unspecified atom stereocenters. The van der Waals surface area contributed by atoms with Crippen LogP contribution in [0.2, 0.25) is 0 Å². The second-order valence-corrected chi connectivity index (χ2v) is 5.97. The maximum Gasteiger partial charge on any atom is 0.357 e. The Hall–Kier alpha value is -2.57. The molecule has 0 saturated carbocycles.